The van der Waals surface area contributed by atoms with Gasteiger partial charge in [-0.1, -0.05) is 6.07 Å². The van der Waals surface area contributed by atoms with Gasteiger partial charge in [0.25, 0.3) is 0 Å². The summed E-state index contributed by atoms with van der Waals surface area (Å²) in [6, 6.07) is 8.30. The van der Waals surface area contributed by atoms with Crippen LogP contribution in [0.25, 0.3) is 0 Å². The van der Waals surface area contributed by atoms with Crippen molar-refractivity contribution in [3.63, 3.8) is 0 Å². The van der Waals surface area contributed by atoms with Crippen molar-refractivity contribution >= 4 is 11.7 Å². The van der Waals surface area contributed by atoms with Crippen LogP contribution in [0.2, 0.25) is 0 Å². The van der Waals surface area contributed by atoms with E-state index in [2.05, 4.69) is 5.32 Å². The Morgan fingerprint density at radius 1 is 1.37 bits per heavy atom. The highest BCUT2D eigenvalue weighted by Gasteiger charge is 2.18. The number of esters is 1. The topological polar surface area (TPSA) is 64.3 Å². The molecule has 0 bridgehead atoms. The largest absolute Gasteiger partial charge is 0.462 e. The highest BCUT2D eigenvalue weighted by molar-refractivity contribution is 5.90. The molecule has 1 saturated carbocycles. The number of rotatable bonds is 4. The predicted molar refractivity (Wildman–Crippen MR) is 76.3 cm³/mol. The van der Waals surface area contributed by atoms with Crippen LogP contribution < -0.4 is 11.1 Å². The number of anilines is 1. The minimum absolute atomic E-state index is 0.267. The fourth-order valence-electron chi connectivity index (χ4n) is 2.45. The molecule has 3 N–H and O–H groups in total. The fraction of sp³-hybridized carbons (Fsp3) is 0.533. The van der Waals surface area contributed by atoms with Crippen LogP contribution in [0.1, 0.15) is 43.0 Å². The van der Waals surface area contributed by atoms with Crippen LogP contribution in [0.3, 0.4) is 0 Å². The maximum atomic E-state index is 11.7. The van der Waals surface area contributed by atoms with Crippen molar-refractivity contribution in [3.05, 3.63) is 29.8 Å². The Balaban J connectivity index is 1.97. The van der Waals surface area contributed by atoms with E-state index in [1.807, 2.05) is 25.1 Å². The normalized spacial score (nSPS) is 22.8. The molecule has 0 amide bonds. The van der Waals surface area contributed by atoms with Crippen molar-refractivity contribution in [3.8, 4) is 0 Å². The van der Waals surface area contributed by atoms with E-state index in [4.69, 9.17) is 10.5 Å². The van der Waals surface area contributed by atoms with Gasteiger partial charge in [0.2, 0.25) is 0 Å². The molecule has 0 atom stereocenters. The number of hydrogen-bond acceptors (Lipinski definition) is 4. The molecule has 4 heteroatoms. The van der Waals surface area contributed by atoms with E-state index in [1.165, 1.54) is 0 Å². The van der Waals surface area contributed by atoms with Gasteiger partial charge < -0.3 is 15.8 Å². The van der Waals surface area contributed by atoms with Gasteiger partial charge in [-0.15, -0.1) is 0 Å². The van der Waals surface area contributed by atoms with Gasteiger partial charge in [-0.3, -0.25) is 0 Å². The zero-order valence-electron chi connectivity index (χ0n) is 11.4. The highest BCUT2D eigenvalue weighted by Crippen LogP contribution is 2.22. The SMILES string of the molecule is CCOC(=O)c1cccc(NC2CCC(N)CC2)c1. The number of nitrogens with two attached hydrogens (primary N) is 1. The molecule has 19 heavy (non-hydrogen) atoms. The first kappa shape index (κ1) is 13.9. The molecule has 1 aromatic rings. The van der Waals surface area contributed by atoms with E-state index >= 15 is 0 Å². The quantitative estimate of drug-likeness (QED) is 0.818. The molecule has 0 saturated heterocycles. The van der Waals surface area contributed by atoms with Crippen molar-refractivity contribution in [2.24, 2.45) is 5.73 Å². The van der Waals surface area contributed by atoms with Crippen LogP contribution in [0.5, 0.6) is 0 Å². The standard InChI is InChI=1S/C15H22N2O2/c1-2-19-15(18)11-4-3-5-14(10-11)17-13-8-6-12(16)7-9-13/h3-5,10,12-13,17H,2,6-9,16H2,1H3. The third kappa shape index (κ3) is 3.96. The van der Waals surface area contributed by atoms with E-state index < -0.39 is 0 Å². The summed E-state index contributed by atoms with van der Waals surface area (Å²) in [4.78, 5) is 11.7. The molecule has 1 aromatic carbocycles. The second-order valence-electron chi connectivity index (χ2n) is 5.06. The second kappa shape index (κ2) is 6.57. The number of carbonyl (C=O) groups is 1. The third-order valence-corrected chi connectivity index (χ3v) is 3.52. The number of benzene rings is 1. The van der Waals surface area contributed by atoms with Gasteiger partial charge in [-0.05, 0) is 50.8 Å². The van der Waals surface area contributed by atoms with Crippen LogP contribution in [0, 0.1) is 0 Å². The molecule has 2 rings (SSSR count). The lowest BCUT2D eigenvalue weighted by atomic mass is 9.91. The van der Waals surface area contributed by atoms with Crippen molar-refractivity contribution in [2.75, 3.05) is 11.9 Å². The Bertz CT molecular complexity index is 426. The lowest BCUT2D eigenvalue weighted by Crippen LogP contribution is -2.32. The summed E-state index contributed by atoms with van der Waals surface area (Å²) < 4.78 is 5.00. The average molecular weight is 262 g/mol. The fourth-order valence-corrected chi connectivity index (χ4v) is 2.45. The minimum atomic E-state index is -0.267. The van der Waals surface area contributed by atoms with Gasteiger partial charge in [0.05, 0.1) is 12.2 Å². The summed E-state index contributed by atoms with van der Waals surface area (Å²) in [6.45, 7) is 2.21. The average Bonchev–Trinajstić information content (AvgIpc) is 2.42. The Labute approximate surface area is 114 Å². The van der Waals surface area contributed by atoms with Crippen molar-refractivity contribution < 1.29 is 9.53 Å². The van der Waals surface area contributed by atoms with Crippen LogP contribution in [0.15, 0.2) is 24.3 Å². The summed E-state index contributed by atoms with van der Waals surface area (Å²) in [5.74, 6) is -0.267. The molecule has 1 fully saturated rings. The maximum Gasteiger partial charge on any atom is 0.338 e. The smallest absolute Gasteiger partial charge is 0.338 e. The summed E-state index contributed by atoms with van der Waals surface area (Å²) >= 11 is 0. The first-order chi connectivity index (χ1) is 9.19. The summed E-state index contributed by atoms with van der Waals surface area (Å²) in [5.41, 5.74) is 7.47. The highest BCUT2D eigenvalue weighted by atomic mass is 16.5. The maximum absolute atomic E-state index is 11.7. The van der Waals surface area contributed by atoms with Crippen LogP contribution in [-0.4, -0.2) is 24.7 Å². The van der Waals surface area contributed by atoms with Crippen molar-refractivity contribution in [2.45, 2.75) is 44.7 Å². The zero-order valence-corrected chi connectivity index (χ0v) is 11.4. The molecule has 0 spiro atoms. The van der Waals surface area contributed by atoms with Gasteiger partial charge in [0.1, 0.15) is 0 Å². The van der Waals surface area contributed by atoms with Gasteiger partial charge in [-0.25, -0.2) is 4.79 Å². The van der Waals surface area contributed by atoms with Gasteiger partial charge in [0, 0.05) is 17.8 Å². The summed E-state index contributed by atoms with van der Waals surface area (Å²) in [5, 5.41) is 3.48. The van der Waals surface area contributed by atoms with E-state index in [-0.39, 0.29) is 5.97 Å². The minimum Gasteiger partial charge on any atom is -0.462 e. The molecular weight excluding hydrogens is 240 g/mol. The lowest BCUT2D eigenvalue weighted by Gasteiger charge is -2.27. The first-order valence-electron chi connectivity index (χ1n) is 6.98. The Kier molecular flexibility index (Phi) is 4.80. The summed E-state index contributed by atoms with van der Waals surface area (Å²) in [6.07, 6.45) is 4.31. The molecule has 0 radical (unpaired) electrons. The third-order valence-electron chi connectivity index (χ3n) is 3.52. The number of ether oxygens (including phenoxy) is 1. The van der Waals surface area contributed by atoms with Crippen LogP contribution in [0.4, 0.5) is 5.69 Å². The molecule has 4 nitrogen and oxygen atoms in total. The number of carbonyl (C=O) groups excluding carboxylic acids is 1. The van der Waals surface area contributed by atoms with Crippen molar-refractivity contribution in [1.29, 1.82) is 0 Å². The molecule has 0 heterocycles. The van der Waals surface area contributed by atoms with Crippen LogP contribution >= 0.6 is 0 Å². The Hall–Kier alpha value is -1.55. The first-order valence-corrected chi connectivity index (χ1v) is 6.98. The van der Waals surface area contributed by atoms with E-state index in [0.29, 0.717) is 24.3 Å². The molecule has 104 valence electrons. The monoisotopic (exact) mass is 262 g/mol. The molecule has 0 aromatic heterocycles. The summed E-state index contributed by atoms with van der Waals surface area (Å²) in [7, 11) is 0. The molecule has 1 aliphatic rings. The van der Waals surface area contributed by atoms with E-state index in [9.17, 15) is 4.79 Å². The Morgan fingerprint density at radius 3 is 2.79 bits per heavy atom. The second-order valence-corrected chi connectivity index (χ2v) is 5.06. The molecule has 1 aliphatic carbocycles. The van der Waals surface area contributed by atoms with Gasteiger partial charge in [-0.2, -0.15) is 0 Å². The zero-order chi connectivity index (χ0) is 13.7. The van der Waals surface area contributed by atoms with E-state index in [1.54, 1.807) is 6.07 Å². The lowest BCUT2D eigenvalue weighted by molar-refractivity contribution is 0.0526. The molecular formula is C15H22N2O2. The number of hydrogen-bond donors (Lipinski definition) is 2. The predicted octanol–water partition coefficient (Wildman–Crippen LogP) is 2.55. The molecule has 0 aliphatic heterocycles. The van der Waals surface area contributed by atoms with Crippen molar-refractivity contribution in [1.82, 2.24) is 0 Å². The number of nitrogens with one attached hydrogen (secondary N) is 1. The molecule has 0 unspecified atom stereocenters. The van der Waals surface area contributed by atoms with Gasteiger partial charge >= 0.3 is 5.97 Å². The Morgan fingerprint density at radius 2 is 2.11 bits per heavy atom. The van der Waals surface area contributed by atoms with Crippen LogP contribution in [-0.2, 0) is 4.74 Å². The van der Waals surface area contributed by atoms with E-state index in [0.717, 1.165) is 31.4 Å². The van der Waals surface area contributed by atoms with Gasteiger partial charge in [0.15, 0.2) is 0 Å².